The smallest absolute Gasteiger partial charge is 0.399 e. The fraction of sp³-hybridized carbons (Fsp3) is 0.538. The normalized spacial score (nSPS) is 17.1. The van der Waals surface area contributed by atoms with E-state index in [4.69, 9.17) is 5.73 Å². The van der Waals surface area contributed by atoms with Gasteiger partial charge in [-0.05, 0) is 37.0 Å². The van der Waals surface area contributed by atoms with Crippen molar-refractivity contribution in [2.45, 2.75) is 31.9 Å². The molecule has 1 aromatic carbocycles. The molecule has 0 amide bonds. The Balaban J connectivity index is 2.11. The van der Waals surface area contributed by atoms with E-state index in [1.54, 1.807) is 0 Å². The number of alkyl halides is 3. The Kier molecular flexibility index (Phi) is 3.68. The lowest BCUT2D eigenvalue weighted by molar-refractivity contribution is -0.136. The molecule has 0 bridgehead atoms. The van der Waals surface area contributed by atoms with Gasteiger partial charge in [-0.3, -0.25) is 0 Å². The van der Waals surface area contributed by atoms with Crippen LogP contribution in [0.1, 0.15) is 31.2 Å². The second-order valence-electron chi connectivity index (χ2n) is 4.83. The van der Waals surface area contributed by atoms with Crippen LogP contribution in [-0.2, 0) is 6.18 Å². The molecular weight excluding hydrogens is 241 g/mol. The lowest BCUT2D eigenvalue weighted by Crippen LogP contribution is -2.15. The van der Waals surface area contributed by atoms with E-state index >= 15 is 0 Å². The summed E-state index contributed by atoms with van der Waals surface area (Å²) in [5, 5.41) is 2.91. The molecule has 0 spiro atoms. The van der Waals surface area contributed by atoms with Crippen LogP contribution in [0.15, 0.2) is 18.2 Å². The van der Waals surface area contributed by atoms with Gasteiger partial charge >= 0.3 is 6.18 Å². The van der Waals surface area contributed by atoms with Gasteiger partial charge in [-0.1, -0.05) is 12.8 Å². The molecule has 0 radical (unpaired) electrons. The van der Waals surface area contributed by atoms with Gasteiger partial charge in [-0.2, -0.15) is 13.2 Å². The van der Waals surface area contributed by atoms with Gasteiger partial charge in [-0.15, -0.1) is 0 Å². The summed E-state index contributed by atoms with van der Waals surface area (Å²) in [6, 6.07) is 3.89. The average molecular weight is 258 g/mol. The number of halogens is 3. The molecule has 1 fully saturated rings. The number of nitrogens with two attached hydrogens (primary N) is 1. The number of anilines is 2. The van der Waals surface area contributed by atoms with Gasteiger partial charge in [0.25, 0.3) is 0 Å². The zero-order valence-electron chi connectivity index (χ0n) is 10.1. The molecule has 0 heterocycles. The van der Waals surface area contributed by atoms with Crippen molar-refractivity contribution in [3.05, 3.63) is 23.8 Å². The molecule has 2 rings (SSSR count). The van der Waals surface area contributed by atoms with Gasteiger partial charge in [0, 0.05) is 17.9 Å². The van der Waals surface area contributed by atoms with Crippen molar-refractivity contribution in [3.8, 4) is 0 Å². The number of hydrogen-bond donors (Lipinski definition) is 2. The summed E-state index contributed by atoms with van der Waals surface area (Å²) in [7, 11) is 0. The molecule has 2 nitrogen and oxygen atoms in total. The molecule has 1 aliphatic rings. The third kappa shape index (κ3) is 3.09. The molecule has 5 heteroatoms. The van der Waals surface area contributed by atoms with Crippen LogP contribution in [-0.4, -0.2) is 6.54 Å². The Hall–Kier alpha value is -1.39. The summed E-state index contributed by atoms with van der Waals surface area (Å²) in [6.07, 6.45) is 0.195. The molecule has 0 aromatic heterocycles. The van der Waals surface area contributed by atoms with Gasteiger partial charge < -0.3 is 11.1 Å². The van der Waals surface area contributed by atoms with Gasteiger partial charge in [0.1, 0.15) is 0 Å². The summed E-state index contributed by atoms with van der Waals surface area (Å²) in [4.78, 5) is 0. The first kappa shape index (κ1) is 13.1. The zero-order valence-corrected chi connectivity index (χ0v) is 10.1. The maximum Gasteiger partial charge on any atom is 0.418 e. The predicted octanol–water partition coefficient (Wildman–Crippen LogP) is 3.89. The third-order valence-corrected chi connectivity index (χ3v) is 3.40. The van der Waals surface area contributed by atoms with Crippen LogP contribution in [0.5, 0.6) is 0 Å². The molecule has 0 atom stereocenters. The lowest BCUT2D eigenvalue weighted by atomic mass is 10.1. The van der Waals surface area contributed by atoms with Crippen molar-refractivity contribution in [2.75, 3.05) is 17.6 Å². The topological polar surface area (TPSA) is 38.0 Å². The van der Waals surface area contributed by atoms with Crippen LogP contribution in [0.3, 0.4) is 0 Å². The van der Waals surface area contributed by atoms with Crippen molar-refractivity contribution < 1.29 is 13.2 Å². The molecule has 100 valence electrons. The molecule has 0 saturated heterocycles. The number of rotatable bonds is 3. The summed E-state index contributed by atoms with van der Waals surface area (Å²) < 4.78 is 38.5. The van der Waals surface area contributed by atoms with Crippen LogP contribution < -0.4 is 11.1 Å². The van der Waals surface area contributed by atoms with E-state index in [2.05, 4.69) is 5.32 Å². The van der Waals surface area contributed by atoms with E-state index in [0.29, 0.717) is 12.5 Å². The maximum atomic E-state index is 12.8. The van der Waals surface area contributed by atoms with E-state index in [0.717, 1.165) is 18.9 Å². The minimum absolute atomic E-state index is 0.128. The Labute approximate surface area is 104 Å². The highest BCUT2D eigenvalue weighted by molar-refractivity contribution is 5.59. The SMILES string of the molecule is Nc1ccc(NCC2CCCC2)c(C(F)(F)F)c1. The maximum absolute atomic E-state index is 12.8. The van der Waals surface area contributed by atoms with Crippen LogP contribution in [0.4, 0.5) is 24.5 Å². The zero-order chi connectivity index (χ0) is 13.2. The van der Waals surface area contributed by atoms with E-state index in [1.165, 1.54) is 25.0 Å². The minimum atomic E-state index is -4.37. The predicted molar refractivity (Wildman–Crippen MR) is 66.3 cm³/mol. The first-order valence-corrected chi connectivity index (χ1v) is 6.17. The van der Waals surface area contributed by atoms with Crippen LogP contribution >= 0.6 is 0 Å². The molecular formula is C13H17F3N2. The number of hydrogen-bond acceptors (Lipinski definition) is 2. The molecule has 1 aliphatic carbocycles. The number of nitrogens with one attached hydrogen (secondary N) is 1. The van der Waals surface area contributed by atoms with Crippen LogP contribution in [0.2, 0.25) is 0 Å². The molecule has 3 N–H and O–H groups in total. The summed E-state index contributed by atoms with van der Waals surface area (Å²) >= 11 is 0. The average Bonchev–Trinajstić information content (AvgIpc) is 2.79. The largest absolute Gasteiger partial charge is 0.418 e. The summed E-state index contributed by atoms with van der Waals surface area (Å²) in [5.74, 6) is 0.489. The number of nitrogen functional groups attached to an aromatic ring is 1. The Morgan fingerprint density at radius 3 is 2.50 bits per heavy atom. The fourth-order valence-electron chi connectivity index (χ4n) is 2.42. The first-order chi connectivity index (χ1) is 8.47. The van der Waals surface area contributed by atoms with Crippen LogP contribution in [0.25, 0.3) is 0 Å². The van der Waals surface area contributed by atoms with E-state index < -0.39 is 11.7 Å². The number of benzene rings is 1. The van der Waals surface area contributed by atoms with E-state index in [-0.39, 0.29) is 11.4 Å². The Bertz CT molecular complexity index is 409. The third-order valence-electron chi connectivity index (χ3n) is 3.40. The second kappa shape index (κ2) is 5.08. The van der Waals surface area contributed by atoms with E-state index in [9.17, 15) is 13.2 Å². The fourth-order valence-corrected chi connectivity index (χ4v) is 2.42. The molecule has 0 unspecified atom stereocenters. The second-order valence-corrected chi connectivity index (χ2v) is 4.83. The van der Waals surface area contributed by atoms with Gasteiger partial charge in [0.2, 0.25) is 0 Å². The lowest BCUT2D eigenvalue weighted by Gasteiger charge is -2.17. The molecule has 1 aromatic rings. The highest BCUT2D eigenvalue weighted by Gasteiger charge is 2.33. The van der Waals surface area contributed by atoms with Crippen molar-refractivity contribution in [1.82, 2.24) is 0 Å². The standard InChI is InChI=1S/C13H17F3N2/c14-13(15,16)11-7-10(17)5-6-12(11)18-8-9-3-1-2-4-9/h5-7,9,18H,1-4,8,17H2. The quantitative estimate of drug-likeness (QED) is 0.807. The summed E-state index contributed by atoms with van der Waals surface area (Å²) in [5.41, 5.74) is 5.00. The van der Waals surface area contributed by atoms with Gasteiger partial charge in [-0.25, -0.2) is 0 Å². The molecule has 18 heavy (non-hydrogen) atoms. The van der Waals surface area contributed by atoms with Crippen molar-refractivity contribution in [3.63, 3.8) is 0 Å². The first-order valence-electron chi connectivity index (χ1n) is 6.17. The van der Waals surface area contributed by atoms with Gasteiger partial charge in [0.05, 0.1) is 5.56 Å². The Morgan fingerprint density at radius 2 is 1.89 bits per heavy atom. The van der Waals surface area contributed by atoms with Crippen LogP contribution in [0, 0.1) is 5.92 Å². The van der Waals surface area contributed by atoms with Gasteiger partial charge in [0.15, 0.2) is 0 Å². The highest BCUT2D eigenvalue weighted by Crippen LogP contribution is 2.36. The Morgan fingerprint density at radius 1 is 1.22 bits per heavy atom. The van der Waals surface area contributed by atoms with Crippen molar-refractivity contribution in [1.29, 1.82) is 0 Å². The minimum Gasteiger partial charge on any atom is -0.399 e. The monoisotopic (exact) mass is 258 g/mol. The molecule has 0 aliphatic heterocycles. The van der Waals surface area contributed by atoms with Crippen molar-refractivity contribution >= 4 is 11.4 Å². The van der Waals surface area contributed by atoms with E-state index in [1.807, 2.05) is 0 Å². The van der Waals surface area contributed by atoms with Crippen molar-refractivity contribution in [2.24, 2.45) is 5.92 Å². The molecule has 1 saturated carbocycles. The highest BCUT2D eigenvalue weighted by atomic mass is 19.4. The summed E-state index contributed by atoms with van der Waals surface area (Å²) in [6.45, 7) is 0.604.